The fraction of sp³-hybridized carbons (Fsp3) is 0.571. The highest BCUT2D eigenvalue weighted by Gasteiger charge is 2.08. The summed E-state index contributed by atoms with van der Waals surface area (Å²) in [5.41, 5.74) is 7.40. The molecule has 1 rings (SSSR count). The monoisotopic (exact) mass is 190 g/mol. The molecule has 0 bridgehead atoms. The second-order valence-corrected chi connectivity index (χ2v) is 4.84. The molecule has 0 fully saturated rings. The highest BCUT2D eigenvalue weighted by atomic mass is 14.1. The quantitative estimate of drug-likeness (QED) is 0.658. The minimum absolute atomic E-state index is 0.745. The predicted molar refractivity (Wildman–Crippen MR) is 63.9 cm³/mol. The second-order valence-electron chi connectivity index (χ2n) is 4.84. The first-order valence-electron chi connectivity index (χ1n) is 5.49. The summed E-state index contributed by atoms with van der Waals surface area (Å²) in [6.07, 6.45) is 1.21. The van der Waals surface area contributed by atoms with Crippen molar-refractivity contribution in [2.75, 3.05) is 0 Å². The molecule has 14 heavy (non-hydrogen) atoms. The molecule has 0 aliphatic rings. The summed E-state index contributed by atoms with van der Waals surface area (Å²) in [5, 5.41) is 0. The maximum atomic E-state index is 2.32. The number of hydrogen-bond acceptors (Lipinski definition) is 0. The largest absolute Gasteiger partial charge is 0.0625 e. The summed E-state index contributed by atoms with van der Waals surface area (Å²) >= 11 is 0. The summed E-state index contributed by atoms with van der Waals surface area (Å²) in [5.74, 6) is 0.745. The summed E-state index contributed by atoms with van der Waals surface area (Å²) < 4.78 is 0. The number of benzene rings is 1. The van der Waals surface area contributed by atoms with Gasteiger partial charge >= 0.3 is 0 Å². The van der Waals surface area contributed by atoms with Crippen molar-refractivity contribution in [3.05, 3.63) is 33.9 Å². The van der Waals surface area contributed by atoms with E-state index in [0.717, 1.165) is 5.92 Å². The Hall–Kier alpha value is -0.780. The SMILES string of the molecule is Cc1cc(C)c(CC(C)C)c(C)c1C. The zero-order valence-corrected chi connectivity index (χ0v) is 10.4. The van der Waals surface area contributed by atoms with E-state index in [9.17, 15) is 0 Å². The molecule has 0 heteroatoms. The molecule has 0 aliphatic heterocycles. The van der Waals surface area contributed by atoms with Crippen LogP contribution < -0.4 is 0 Å². The van der Waals surface area contributed by atoms with E-state index < -0.39 is 0 Å². The molecule has 0 saturated carbocycles. The Kier molecular flexibility index (Phi) is 3.36. The van der Waals surface area contributed by atoms with Crippen molar-refractivity contribution in [3.8, 4) is 0 Å². The van der Waals surface area contributed by atoms with Crippen molar-refractivity contribution >= 4 is 0 Å². The van der Waals surface area contributed by atoms with E-state index in [1.54, 1.807) is 5.56 Å². The Balaban J connectivity index is 3.22. The predicted octanol–water partition coefficient (Wildman–Crippen LogP) is 4.12. The summed E-state index contributed by atoms with van der Waals surface area (Å²) in [6, 6.07) is 2.32. The third kappa shape index (κ3) is 2.17. The zero-order valence-electron chi connectivity index (χ0n) is 10.4. The van der Waals surface area contributed by atoms with E-state index in [1.807, 2.05) is 0 Å². The van der Waals surface area contributed by atoms with Crippen molar-refractivity contribution in [2.45, 2.75) is 48.0 Å². The highest BCUT2D eigenvalue weighted by Crippen LogP contribution is 2.23. The Morgan fingerprint density at radius 3 is 2.00 bits per heavy atom. The molecule has 1 aromatic carbocycles. The van der Waals surface area contributed by atoms with Crippen LogP contribution in [0.3, 0.4) is 0 Å². The molecule has 78 valence electrons. The normalized spacial score (nSPS) is 11.1. The Bertz CT molecular complexity index is 332. The Morgan fingerprint density at radius 1 is 0.929 bits per heavy atom. The van der Waals surface area contributed by atoms with Gasteiger partial charge in [0.05, 0.1) is 0 Å². The summed E-state index contributed by atoms with van der Waals surface area (Å²) in [7, 11) is 0. The van der Waals surface area contributed by atoms with Crippen LogP contribution in [-0.4, -0.2) is 0 Å². The molecular weight excluding hydrogens is 168 g/mol. The fourth-order valence-electron chi connectivity index (χ4n) is 2.06. The number of aryl methyl sites for hydroxylation is 2. The number of rotatable bonds is 2. The van der Waals surface area contributed by atoms with Gasteiger partial charge in [0.2, 0.25) is 0 Å². The maximum Gasteiger partial charge on any atom is -0.0250 e. The van der Waals surface area contributed by atoms with Gasteiger partial charge in [-0.2, -0.15) is 0 Å². The van der Waals surface area contributed by atoms with Gasteiger partial charge in [0.25, 0.3) is 0 Å². The van der Waals surface area contributed by atoms with Crippen molar-refractivity contribution in [1.29, 1.82) is 0 Å². The third-order valence-electron chi connectivity index (χ3n) is 3.13. The first-order valence-corrected chi connectivity index (χ1v) is 5.49. The molecule has 0 aliphatic carbocycles. The van der Waals surface area contributed by atoms with E-state index in [4.69, 9.17) is 0 Å². The van der Waals surface area contributed by atoms with Gasteiger partial charge in [-0.1, -0.05) is 19.9 Å². The third-order valence-corrected chi connectivity index (χ3v) is 3.13. The summed E-state index contributed by atoms with van der Waals surface area (Å²) in [6.45, 7) is 13.5. The van der Waals surface area contributed by atoms with Gasteiger partial charge in [-0.05, 0) is 67.9 Å². The van der Waals surface area contributed by atoms with E-state index in [-0.39, 0.29) is 0 Å². The van der Waals surface area contributed by atoms with E-state index in [0.29, 0.717) is 0 Å². The van der Waals surface area contributed by atoms with Gasteiger partial charge in [0.15, 0.2) is 0 Å². The van der Waals surface area contributed by atoms with Gasteiger partial charge < -0.3 is 0 Å². The van der Waals surface area contributed by atoms with Crippen molar-refractivity contribution in [1.82, 2.24) is 0 Å². The molecule has 0 saturated heterocycles. The molecule has 0 nitrogen and oxygen atoms in total. The van der Waals surface area contributed by atoms with Crippen LogP contribution in [0.2, 0.25) is 0 Å². The van der Waals surface area contributed by atoms with Crippen molar-refractivity contribution in [3.63, 3.8) is 0 Å². The highest BCUT2D eigenvalue weighted by molar-refractivity contribution is 5.44. The molecule has 0 N–H and O–H groups in total. The van der Waals surface area contributed by atoms with E-state index in [1.165, 1.54) is 28.7 Å². The molecule has 0 unspecified atom stereocenters. The summed E-state index contributed by atoms with van der Waals surface area (Å²) in [4.78, 5) is 0. The average Bonchev–Trinajstić information content (AvgIpc) is 2.09. The van der Waals surface area contributed by atoms with Crippen LogP contribution in [0, 0.1) is 33.6 Å². The zero-order chi connectivity index (χ0) is 10.9. The molecule has 1 aromatic rings. The van der Waals surface area contributed by atoms with Gasteiger partial charge in [-0.25, -0.2) is 0 Å². The first kappa shape index (κ1) is 11.3. The van der Waals surface area contributed by atoms with Crippen LogP contribution in [0.15, 0.2) is 6.07 Å². The van der Waals surface area contributed by atoms with Gasteiger partial charge in [-0.15, -0.1) is 0 Å². The van der Waals surface area contributed by atoms with E-state index >= 15 is 0 Å². The minimum atomic E-state index is 0.745. The van der Waals surface area contributed by atoms with Crippen LogP contribution in [0.25, 0.3) is 0 Å². The van der Waals surface area contributed by atoms with E-state index in [2.05, 4.69) is 47.6 Å². The van der Waals surface area contributed by atoms with Gasteiger partial charge in [-0.3, -0.25) is 0 Å². The lowest BCUT2D eigenvalue weighted by atomic mass is 9.89. The van der Waals surface area contributed by atoms with Gasteiger partial charge in [0, 0.05) is 0 Å². The van der Waals surface area contributed by atoms with Crippen LogP contribution in [0.1, 0.15) is 41.7 Å². The van der Waals surface area contributed by atoms with Crippen molar-refractivity contribution < 1.29 is 0 Å². The maximum absolute atomic E-state index is 2.32. The molecule has 0 spiro atoms. The number of hydrogen-bond donors (Lipinski definition) is 0. The molecule has 0 radical (unpaired) electrons. The molecule has 0 atom stereocenters. The topological polar surface area (TPSA) is 0 Å². The Morgan fingerprint density at radius 2 is 1.50 bits per heavy atom. The molecule has 0 amide bonds. The molecular formula is C14H22. The lowest BCUT2D eigenvalue weighted by Crippen LogP contribution is -2.02. The van der Waals surface area contributed by atoms with Crippen LogP contribution in [0.4, 0.5) is 0 Å². The van der Waals surface area contributed by atoms with Crippen LogP contribution in [-0.2, 0) is 6.42 Å². The fourth-order valence-corrected chi connectivity index (χ4v) is 2.06. The smallest absolute Gasteiger partial charge is 0.0250 e. The lowest BCUT2D eigenvalue weighted by molar-refractivity contribution is 0.642. The Labute approximate surface area is 88.4 Å². The standard InChI is InChI=1S/C14H22/c1-9(2)7-14-11(4)8-10(3)12(5)13(14)6/h8-9H,7H2,1-6H3. The molecule has 0 aromatic heterocycles. The first-order chi connectivity index (χ1) is 6.43. The lowest BCUT2D eigenvalue weighted by Gasteiger charge is -2.16. The van der Waals surface area contributed by atoms with Crippen molar-refractivity contribution in [2.24, 2.45) is 5.92 Å². The van der Waals surface area contributed by atoms with Crippen LogP contribution in [0.5, 0.6) is 0 Å². The average molecular weight is 190 g/mol. The van der Waals surface area contributed by atoms with Gasteiger partial charge in [0.1, 0.15) is 0 Å². The molecule has 0 heterocycles. The van der Waals surface area contributed by atoms with Crippen LogP contribution >= 0.6 is 0 Å². The minimum Gasteiger partial charge on any atom is -0.0625 e. The second kappa shape index (κ2) is 4.16.